The maximum absolute atomic E-state index is 11.5. The topological polar surface area (TPSA) is 71.8 Å². The van der Waals surface area contributed by atoms with Gasteiger partial charge in [-0.15, -0.1) is 0 Å². The van der Waals surface area contributed by atoms with Crippen molar-refractivity contribution in [2.75, 3.05) is 0 Å². The largest absolute Gasteiger partial charge is 0.324 e. The van der Waals surface area contributed by atoms with Gasteiger partial charge < -0.3 is 10.7 Å². The number of hydrogen-bond donors (Lipinski definition) is 2. The summed E-state index contributed by atoms with van der Waals surface area (Å²) in [6, 6.07) is 5.33. The molecule has 0 aliphatic heterocycles. The Morgan fingerprint density at radius 1 is 1.50 bits per heavy atom. The van der Waals surface area contributed by atoms with E-state index in [1.807, 2.05) is 0 Å². The van der Waals surface area contributed by atoms with Crippen molar-refractivity contribution in [2.45, 2.75) is 6.54 Å². The molecule has 1 aromatic carbocycles. The highest BCUT2D eigenvalue weighted by Crippen LogP contribution is 2.14. The van der Waals surface area contributed by atoms with E-state index >= 15 is 0 Å². The lowest BCUT2D eigenvalue weighted by Gasteiger charge is -2.00. The third-order valence-electron chi connectivity index (χ3n) is 1.91. The fourth-order valence-electron chi connectivity index (χ4n) is 1.26. The molecule has 2 rings (SSSR count). The smallest absolute Gasteiger partial charge is 0.258 e. The molecule has 5 heteroatoms. The minimum absolute atomic E-state index is 0.150. The lowest BCUT2D eigenvalue weighted by atomic mass is 10.2. The highest BCUT2D eigenvalue weighted by Gasteiger charge is 2.02. The molecule has 0 radical (unpaired) electrons. The van der Waals surface area contributed by atoms with E-state index in [4.69, 9.17) is 5.73 Å². The molecule has 0 atom stereocenters. The van der Waals surface area contributed by atoms with E-state index in [2.05, 4.69) is 25.9 Å². The summed E-state index contributed by atoms with van der Waals surface area (Å²) in [6.45, 7) is 0.234. The van der Waals surface area contributed by atoms with E-state index in [-0.39, 0.29) is 12.1 Å². The Kier molecular flexibility index (Phi) is 2.35. The predicted octanol–water partition coefficient (Wildman–Crippen LogP) is 1.14. The quantitative estimate of drug-likeness (QED) is 0.801. The van der Waals surface area contributed by atoms with Gasteiger partial charge in [-0.25, -0.2) is 4.98 Å². The predicted molar refractivity (Wildman–Crippen MR) is 58.0 cm³/mol. The number of nitrogens with zero attached hydrogens (tertiary/aromatic N) is 1. The van der Waals surface area contributed by atoms with Crippen molar-refractivity contribution in [1.29, 1.82) is 0 Å². The lowest BCUT2D eigenvalue weighted by molar-refractivity contribution is 0.913. The van der Waals surface area contributed by atoms with Crippen molar-refractivity contribution < 1.29 is 0 Å². The zero-order chi connectivity index (χ0) is 10.1. The molecule has 0 aliphatic rings. The maximum Gasteiger partial charge on any atom is 0.258 e. The number of fused-ring (bicyclic) bond motifs is 1. The molecule has 0 unspecified atom stereocenters. The van der Waals surface area contributed by atoms with Gasteiger partial charge in [0.2, 0.25) is 0 Å². The van der Waals surface area contributed by atoms with Gasteiger partial charge in [-0.1, -0.05) is 15.9 Å². The summed E-state index contributed by atoms with van der Waals surface area (Å²) in [5, 5.41) is 0.574. The summed E-state index contributed by atoms with van der Waals surface area (Å²) < 4.78 is 0.895. The van der Waals surface area contributed by atoms with Gasteiger partial charge in [-0.05, 0) is 18.2 Å². The Labute approximate surface area is 88.3 Å². The molecule has 3 N–H and O–H groups in total. The number of H-pyrrole nitrogens is 1. The summed E-state index contributed by atoms with van der Waals surface area (Å²) in [5.74, 6) is 0.501. The van der Waals surface area contributed by atoms with Crippen LogP contribution in [0.5, 0.6) is 0 Å². The molecule has 0 bridgehead atoms. The second kappa shape index (κ2) is 3.51. The van der Waals surface area contributed by atoms with Crippen LogP contribution in [0.3, 0.4) is 0 Å². The molecular weight excluding hydrogens is 246 g/mol. The Bertz CT molecular complexity index is 535. The SMILES string of the molecule is NCc1nc2cc(Br)ccc2c(=O)[nH]1. The van der Waals surface area contributed by atoms with E-state index in [0.29, 0.717) is 16.7 Å². The van der Waals surface area contributed by atoms with E-state index in [1.165, 1.54) is 0 Å². The van der Waals surface area contributed by atoms with Crippen molar-refractivity contribution in [3.8, 4) is 0 Å². The molecule has 0 spiro atoms. The van der Waals surface area contributed by atoms with Gasteiger partial charge in [0.05, 0.1) is 17.4 Å². The van der Waals surface area contributed by atoms with Crippen LogP contribution in [-0.2, 0) is 6.54 Å². The van der Waals surface area contributed by atoms with Crippen molar-refractivity contribution in [3.05, 3.63) is 38.9 Å². The Morgan fingerprint density at radius 3 is 3.00 bits per heavy atom. The van der Waals surface area contributed by atoms with Gasteiger partial charge in [0.25, 0.3) is 5.56 Å². The summed E-state index contributed by atoms with van der Waals surface area (Å²) >= 11 is 3.32. The molecule has 1 aromatic heterocycles. The molecule has 0 saturated carbocycles. The summed E-state index contributed by atoms with van der Waals surface area (Å²) in [5.41, 5.74) is 5.91. The van der Waals surface area contributed by atoms with Crippen molar-refractivity contribution in [3.63, 3.8) is 0 Å². The molecule has 72 valence electrons. The van der Waals surface area contributed by atoms with E-state index in [0.717, 1.165) is 4.47 Å². The zero-order valence-corrected chi connectivity index (χ0v) is 8.84. The Morgan fingerprint density at radius 2 is 2.29 bits per heavy atom. The average Bonchev–Trinajstić information content (AvgIpc) is 2.16. The molecular formula is C9H8BrN3O. The minimum atomic E-state index is -0.150. The molecule has 0 amide bonds. The number of nitrogens with one attached hydrogen (secondary N) is 1. The van der Waals surface area contributed by atoms with Gasteiger partial charge in [0, 0.05) is 4.47 Å². The van der Waals surface area contributed by atoms with Crippen LogP contribution in [0.2, 0.25) is 0 Å². The average molecular weight is 254 g/mol. The van der Waals surface area contributed by atoms with E-state index in [9.17, 15) is 4.79 Å². The van der Waals surface area contributed by atoms with Crippen LogP contribution in [0.4, 0.5) is 0 Å². The first-order valence-corrected chi connectivity index (χ1v) is 4.88. The minimum Gasteiger partial charge on any atom is -0.324 e. The molecule has 4 nitrogen and oxygen atoms in total. The van der Waals surface area contributed by atoms with Gasteiger partial charge in [-0.2, -0.15) is 0 Å². The van der Waals surface area contributed by atoms with Crippen LogP contribution in [-0.4, -0.2) is 9.97 Å². The number of halogens is 1. The monoisotopic (exact) mass is 253 g/mol. The van der Waals surface area contributed by atoms with Crippen LogP contribution >= 0.6 is 15.9 Å². The van der Waals surface area contributed by atoms with Crippen LogP contribution < -0.4 is 11.3 Å². The number of hydrogen-bond acceptors (Lipinski definition) is 3. The molecule has 0 fully saturated rings. The van der Waals surface area contributed by atoms with E-state index < -0.39 is 0 Å². The molecule has 0 saturated heterocycles. The summed E-state index contributed by atoms with van der Waals surface area (Å²) in [4.78, 5) is 18.3. The third-order valence-corrected chi connectivity index (χ3v) is 2.40. The third kappa shape index (κ3) is 1.56. The highest BCUT2D eigenvalue weighted by molar-refractivity contribution is 9.10. The van der Waals surface area contributed by atoms with Crippen LogP contribution in [0, 0.1) is 0 Å². The van der Waals surface area contributed by atoms with Gasteiger partial charge in [0.1, 0.15) is 5.82 Å². The zero-order valence-electron chi connectivity index (χ0n) is 7.25. The highest BCUT2D eigenvalue weighted by atomic mass is 79.9. The first-order valence-electron chi connectivity index (χ1n) is 4.09. The maximum atomic E-state index is 11.5. The first kappa shape index (κ1) is 9.36. The normalized spacial score (nSPS) is 10.7. The van der Waals surface area contributed by atoms with Crippen molar-refractivity contribution >= 4 is 26.8 Å². The molecule has 2 aromatic rings. The molecule has 14 heavy (non-hydrogen) atoms. The second-order valence-electron chi connectivity index (χ2n) is 2.88. The van der Waals surface area contributed by atoms with E-state index in [1.54, 1.807) is 18.2 Å². The van der Waals surface area contributed by atoms with Crippen LogP contribution in [0.1, 0.15) is 5.82 Å². The second-order valence-corrected chi connectivity index (χ2v) is 3.79. The fraction of sp³-hybridized carbons (Fsp3) is 0.111. The van der Waals surface area contributed by atoms with Crippen LogP contribution in [0.15, 0.2) is 27.5 Å². The number of rotatable bonds is 1. The van der Waals surface area contributed by atoms with Crippen molar-refractivity contribution in [1.82, 2.24) is 9.97 Å². The van der Waals surface area contributed by atoms with Crippen LogP contribution in [0.25, 0.3) is 10.9 Å². The molecule has 0 aliphatic carbocycles. The Hall–Kier alpha value is -1.20. The fourth-order valence-corrected chi connectivity index (χ4v) is 1.61. The van der Waals surface area contributed by atoms with Gasteiger partial charge in [-0.3, -0.25) is 4.79 Å². The summed E-state index contributed by atoms with van der Waals surface area (Å²) in [6.07, 6.45) is 0. The van der Waals surface area contributed by atoms with Gasteiger partial charge in [0.15, 0.2) is 0 Å². The number of aromatic nitrogens is 2. The Balaban J connectivity index is 2.84. The first-order chi connectivity index (χ1) is 6.70. The molecule has 1 heterocycles. The number of benzene rings is 1. The van der Waals surface area contributed by atoms with Gasteiger partial charge >= 0.3 is 0 Å². The number of nitrogens with two attached hydrogens (primary N) is 1. The number of aromatic amines is 1. The van der Waals surface area contributed by atoms with Crippen molar-refractivity contribution in [2.24, 2.45) is 5.73 Å². The lowest BCUT2D eigenvalue weighted by Crippen LogP contribution is -2.14. The standard InChI is InChI=1S/C9H8BrN3O/c10-5-1-2-6-7(3-5)12-8(4-11)13-9(6)14/h1-3H,4,11H2,(H,12,13,14). The summed E-state index contributed by atoms with van der Waals surface area (Å²) in [7, 11) is 0.